The molecule has 6 nitrogen and oxygen atoms in total. The van der Waals surface area contributed by atoms with Crippen molar-refractivity contribution in [3.8, 4) is 0 Å². The average Bonchev–Trinajstić information content (AvgIpc) is 2.36. The van der Waals surface area contributed by atoms with Crippen molar-refractivity contribution in [2.24, 2.45) is 4.99 Å². The Morgan fingerprint density at radius 1 is 1.32 bits per heavy atom. The maximum Gasteiger partial charge on any atom is 0.305 e. The van der Waals surface area contributed by atoms with Crippen LogP contribution in [0.2, 0.25) is 0 Å². The number of aliphatic imine (C=N–C) groups is 1. The third kappa shape index (κ3) is 5.79. The van der Waals surface area contributed by atoms with Crippen molar-refractivity contribution in [1.82, 2.24) is 10.2 Å². The summed E-state index contributed by atoms with van der Waals surface area (Å²) in [6, 6.07) is 1.89. The average molecular weight is 641 g/mol. The van der Waals surface area contributed by atoms with Crippen LogP contribution in [0.5, 0.6) is 0 Å². The number of hydrogen-bond donors (Lipinski definition) is 2. The Kier molecular flexibility index (Phi) is 8.31. The molecule has 2 N–H and O–H groups in total. The van der Waals surface area contributed by atoms with E-state index in [0.717, 1.165) is 16.4 Å². The van der Waals surface area contributed by atoms with E-state index in [4.69, 9.17) is 5.11 Å². The molecule has 0 spiro atoms. The molecule has 0 aliphatic rings. The number of amides is 1. The van der Waals surface area contributed by atoms with Crippen LogP contribution in [0.1, 0.15) is 16.8 Å². The van der Waals surface area contributed by atoms with Crippen LogP contribution in [0.3, 0.4) is 0 Å². The molecule has 0 unspecified atom stereocenters. The van der Waals surface area contributed by atoms with Gasteiger partial charge in [0.15, 0.2) is 0 Å². The molecule has 1 rings (SSSR count). The number of carboxylic acid groups (broad SMARTS) is 1. The summed E-state index contributed by atoms with van der Waals surface area (Å²) >= 11 is 6.39. The molecule has 0 fully saturated rings. The van der Waals surface area contributed by atoms with Gasteiger partial charge in [0.2, 0.25) is 0 Å². The van der Waals surface area contributed by atoms with Gasteiger partial charge in [-0.15, -0.1) is 0 Å². The van der Waals surface area contributed by atoms with E-state index in [1.165, 1.54) is 0 Å². The molecule has 9 heteroatoms. The lowest BCUT2D eigenvalue weighted by Gasteiger charge is -2.12. The van der Waals surface area contributed by atoms with Crippen LogP contribution in [0.4, 0.5) is 5.69 Å². The van der Waals surface area contributed by atoms with Crippen LogP contribution < -0.4 is 5.32 Å². The van der Waals surface area contributed by atoms with Gasteiger partial charge >= 0.3 is 5.97 Å². The first kappa shape index (κ1) is 19.9. The first-order valence-corrected chi connectivity index (χ1v) is 9.35. The molecule has 0 heterocycles. The van der Waals surface area contributed by atoms with Gasteiger partial charge in [0, 0.05) is 27.8 Å². The van der Waals surface area contributed by atoms with Gasteiger partial charge in [-0.25, -0.2) is 4.99 Å². The van der Waals surface area contributed by atoms with Crippen molar-refractivity contribution in [2.75, 3.05) is 20.6 Å². The standard InChI is InChI=1S/C13H14I3N3O3/c1-19(2)6-18-12-8(15)5-7(14)10(11(12)16)13(22)17-4-3-9(20)21/h5-6H,3-4H2,1-2H3,(H,17,22)(H,20,21). The smallest absolute Gasteiger partial charge is 0.305 e. The Hall–Kier alpha value is -0.180. The number of carbonyl (C=O) groups is 2. The minimum atomic E-state index is -0.941. The van der Waals surface area contributed by atoms with E-state index in [0.29, 0.717) is 5.56 Å². The molecule has 1 aromatic carbocycles. The normalized spacial score (nSPS) is 10.8. The fourth-order valence-electron chi connectivity index (χ4n) is 1.45. The van der Waals surface area contributed by atoms with Gasteiger partial charge in [0.05, 0.1) is 27.6 Å². The summed E-state index contributed by atoms with van der Waals surface area (Å²) < 4.78 is 2.51. The van der Waals surface area contributed by atoms with Gasteiger partial charge in [0.25, 0.3) is 5.91 Å². The Bertz CT molecular complexity index is 618. The molecule has 0 bridgehead atoms. The number of rotatable bonds is 6. The third-order valence-corrected chi connectivity index (χ3v) is 5.14. The van der Waals surface area contributed by atoms with Crippen LogP contribution >= 0.6 is 67.8 Å². The SMILES string of the molecule is CN(C)C=Nc1c(I)cc(I)c(C(=O)NCCC(=O)O)c1I. The zero-order chi connectivity index (χ0) is 16.9. The fourth-order valence-corrected chi connectivity index (χ4v) is 5.59. The third-order valence-electron chi connectivity index (χ3n) is 2.42. The van der Waals surface area contributed by atoms with E-state index in [1.807, 2.05) is 25.1 Å². The van der Waals surface area contributed by atoms with Crippen LogP contribution in [0, 0.1) is 10.7 Å². The molecule has 22 heavy (non-hydrogen) atoms. The maximum atomic E-state index is 12.3. The number of aliphatic carboxylic acids is 1. The molecule has 0 saturated carbocycles. The molecule has 0 aliphatic heterocycles. The van der Waals surface area contributed by atoms with E-state index in [9.17, 15) is 9.59 Å². The molecular weight excluding hydrogens is 627 g/mol. The summed E-state index contributed by atoms with van der Waals surface area (Å²) in [4.78, 5) is 29.0. The Morgan fingerprint density at radius 3 is 2.50 bits per heavy atom. The van der Waals surface area contributed by atoms with E-state index in [-0.39, 0.29) is 18.9 Å². The second-order valence-electron chi connectivity index (χ2n) is 4.49. The summed E-state index contributed by atoms with van der Waals surface area (Å²) in [5, 5.41) is 11.3. The molecule has 120 valence electrons. The summed E-state index contributed by atoms with van der Waals surface area (Å²) in [6.45, 7) is 0.0998. The molecule has 0 saturated heterocycles. The second-order valence-corrected chi connectivity index (χ2v) is 7.89. The monoisotopic (exact) mass is 641 g/mol. The lowest BCUT2D eigenvalue weighted by molar-refractivity contribution is -0.136. The van der Waals surface area contributed by atoms with Gasteiger partial charge in [0.1, 0.15) is 0 Å². The van der Waals surface area contributed by atoms with Crippen molar-refractivity contribution >= 4 is 91.7 Å². The van der Waals surface area contributed by atoms with Crippen molar-refractivity contribution < 1.29 is 14.7 Å². The summed E-state index contributed by atoms with van der Waals surface area (Å²) in [5.41, 5.74) is 1.26. The highest BCUT2D eigenvalue weighted by molar-refractivity contribution is 14.1. The van der Waals surface area contributed by atoms with Crippen molar-refractivity contribution in [3.05, 3.63) is 22.3 Å². The van der Waals surface area contributed by atoms with Crippen LogP contribution in [-0.4, -0.2) is 48.9 Å². The molecule has 0 aliphatic carbocycles. The minimum absolute atomic E-state index is 0.0998. The second kappa shape index (κ2) is 9.20. The predicted molar refractivity (Wildman–Crippen MR) is 111 cm³/mol. The lowest BCUT2D eigenvalue weighted by atomic mass is 10.2. The van der Waals surface area contributed by atoms with Crippen LogP contribution in [0.15, 0.2) is 11.1 Å². The van der Waals surface area contributed by atoms with Gasteiger partial charge < -0.3 is 15.3 Å². The number of carbonyl (C=O) groups excluding carboxylic acids is 1. The molecule has 1 aromatic rings. The number of hydrogen-bond acceptors (Lipinski definition) is 3. The van der Waals surface area contributed by atoms with Gasteiger partial charge in [-0.1, -0.05) is 0 Å². The van der Waals surface area contributed by atoms with Crippen molar-refractivity contribution in [3.63, 3.8) is 0 Å². The predicted octanol–water partition coefficient (Wildman–Crippen LogP) is 2.93. The number of benzene rings is 1. The minimum Gasteiger partial charge on any atom is -0.481 e. The van der Waals surface area contributed by atoms with E-state index >= 15 is 0 Å². The maximum absolute atomic E-state index is 12.3. The zero-order valence-electron chi connectivity index (χ0n) is 11.9. The highest BCUT2D eigenvalue weighted by Gasteiger charge is 2.19. The molecule has 0 radical (unpaired) electrons. The fraction of sp³-hybridized carbons (Fsp3) is 0.308. The number of carboxylic acids is 1. The Balaban J connectivity index is 3.11. The number of halogens is 3. The van der Waals surface area contributed by atoms with Gasteiger partial charge in [-0.05, 0) is 73.8 Å². The number of nitrogens with one attached hydrogen (secondary N) is 1. The molecular formula is C13H14I3N3O3. The van der Waals surface area contributed by atoms with Crippen LogP contribution in [0.25, 0.3) is 0 Å². The summed E-state index contributed by atoms with van der Waals surface area (Å²) in [5.74, 6) is -1.23. The Labute approximate surface area is 169 Å². The highest BCUT2D eigenvalue weighted by Crippen LogP contribution is 2.33. The number of nitrogens with zero attached hydrogens (tertiary/aromatic N) is 2. The zero-order valence-corrected chi connectivity index (χ0v) is 18.3. The van der Waals surface area contributed by atoms with Crippen molar-refractivity contribution in [2.45, 2.75) is 6.42 Å². The van der Waals surface area contributed by atoms with E-state index < -0.39 is 5.97 Å². The summed E-state index contributed by atoms with van der Waals surface area (Å²) in [6.07, 6.45) is 1.58. The first-order chi connectivity index (χ1) is 10.2. The lowest BCUT2D eigenvalue weighted by Crippen LogP contribution is -2.27. The first-order valence-electron chi connectivity index (χ1n) is 6.12. The van der Waals surface area contributed by atoms with Crippen LogP contribution in [-0.2, 0) is 4.79 Å². The van der Waals surface area contributed by atoms with Gasteiger partial charge in [-0.2, -0.15) is 0 Å². The van der Waals surface area contributed by atoms with Gasteiger partial charge in [-0.3, -0.25) is 9.59 Å². The quantitative estimate of drug-likeness (QED) is 0.285. The van der Waals surface area contributed by atoms with E-state index in [2.05, 4.69) is 78.1 Å². The largest absolute Gasteiger partial charge is 0.481 e. The Morgan fingerprint density at radius 2 is 1.95 bits per heavy atom. The molecule has 1 amide bonds. The highest BCUT2D eigenvalue weighted by atomic mass is 127. The topological polar surface area (TPSA) is 82.0 Å². The van der Waals surface area contributed by atoms with Crippen molar-refractivity contribution in [1.29, 1.82) is 0 Å². The van der Waals surface area contributed by atoms with E-state index in [1.54, 1.807) is 6.34 Å². The summed E-state index contributed by atoms with van der Waals surface area (Å²) in [7, 11) is 3.74. The molecule has 0 aromatic heterocycles. The molecule has 0 atom stereocenters.